The summed E-state index contributed by atoms with van der Waals surface area (Å²) in [7, 11) is -3.20. The zero-order chi connectivity index (χ0) is 21.0. The van der Waals surface area contributed by atoms with E-state index in [0.717, 1.165) is 10.3 Å². The van der Waals surface area contributed by atoms with Crippen molar-refractivity contribution in [3.63, 3.8) is 0 Å². The van der Waals surface area contributed by atoms with Crippen molar-refractivity contribution in [3.8, 4) is 0 Å². The zero-order valence-electron chi connectivity index (χ0n) is 16.0. The number of carbonyl (C=O) groups is 3. The van der Waals surface area contributed by atoms with Gasteiger partial charge < -0.3 is 15.1 Å². The number of sulfone groups is 1. The lowest BCUT2D eigenvalue weighted by Crippen LogP contribution is -2.51. The van der Waals surface area contributed by atoms with Crippen LogP contribution in [0.25, 0.3) is 11.0 Å². The third kappa shape index (κ3) is 3.37. The third-order valence-electron chi connectivity index (χ3n) is 5.44. The number of furan rings is 1. The highest BCUT2D eigenvalue weighted by Gasteiger charge is 2.52. The molecule has 0 radical (unpaired) electrons. The van der Waals surface area contributed by atoms with Crippen LogP contribution in [-0.4, -0.2) is 54.8 Å². The largest absolute Gasteiger partial charge is 0.458 e. The van der Waals surface area contributed by atoms with E-state index in [-0.39, 0.29) is 23.7 Å². The van der Waals surface area contributed by atoms with Gasteiger partial charge in [0.2, 0.25) is 5.91 Å². The maximum absolute atomic E-state index is 13.0. The number of para-hydroxylation sites is 1. The molecule has 2 aliphatic rings. The molecule has 0 bridgehead atoms. The van der Waals surface area contributed by atoms with Gasteiger partial charge in [-0.1, -0.05) is 18.2 Å². The Balaban J connectivity index is 1.51. The fourth-order valence-corrected chi connectivity index (χ4v) is 5.96. The number of carbonyl (C=O) groups excluding carboxylic acids is 3. The number of amides is 4. The highest BCUT2D eigenvalue weighted by Crippen LogP contribution is 2.33. The quantitative estimate of drug-likeness (QED) is 0.709. The Bertz CT molecular complexity index is 1110. The van der Waals surface area contributed by atoms with E-state index in [1.807, 2.05) is 12.1 Å². The molecule has 2 aliphatic heterocycles. The molecule has 29 heavy (non-hydrogen) atoms. The molecule has 2 aromatic rings. The molecule has 3 heterocycles. The Hall–Kier alpha value is -2.88. The molecule has 1 aromatic carbocycles. The molecule has 0 unspecified atom stereocenters. The third-order valence-corrected chi connectivity index (χ3v) is 7.34. The van der Waals surface area contributed by atoms with Gasteiger partial charge in [0.25, 0.3) is 5.91 Å². The number of hydrogen-bond acceptors (Lipinski definition) is 6. The van der Waals surface area contributed by atoms with Crippen molar-refractivity contribution in [2.45, 2.75) is 31.3 Å². The molecule has 4 amide bonds. The van der Waals surface area contributed by atoms with E-state index in [1.54, 1.807) is 25.1 Å². The summed E-state index contributed by atoms with van der Waals surface area (Å²) in [4.78, 5) is 38.7. The average Bonchev–Trinajstić information content (AvgIpc) is 3.24. The predicted molar refractivity (Wildman–Crippen MR) is 104 cm³/mol. The topological polar surface area (TPSA) is 126 Å². The summed E-state index contributed by atoms with van der Waals surface area (Å²) >= 11 is 0. The molecule has 4 rings (SSSR count). The lowest BCUT2D eigenvalue weighted by Gasteiger charge is -2.25. The van der Waals surface area contributed by atoms with Gasteiger partial charge in [-0.3, -0.25) is 14.5 Å². The summed E-state index contributed by atoms with van der Waals surface area (Å²) in [6, 6.07) is 8.19. The van der Waals surface area contributed by atoms with Crippen LogP contribution in [0.5, 0.6) is 0 Å². The zero-order valence-corrected chi connectivity index (χ0v) is 16.8. The number of imide groups is 1. The normalized spacial score (nSPS) is 28.7. The lowest BCUT2D eigenvalue weighted by molar-refractivity contribution is -0.135. The van der Waals surface area contributed by atoms with Gasteiger partial charge in [0, 0.05) is 5.39 Å². The highest BCUT2D eigenvalue weighted by molar-refractivity contribution is 7.91. The van der Waals surface area contributed by atoms with Crippen molar-refractivity contribution >= 4 is 38.7 Å². The minimum absolute atomic E-state index is 0.00294. The number of urea groups is 1. The van der Waals surface area contributed by atoms with Crippen LogP contribution in [-0.2, 0) is 25.0 Å². The molecule has 2 saturated heterocycles. The van der Waals surface area contributed by atoms with Gasteiger partial charge in [0.15, 0.2) is 15.4 Å². The first-order valence-corrected chi connectivity index (χ1v) is 11.0. The number of rotatable bonds is 4. The smallest absolute Gasteiger partial charge is 0.325 e. The van der Waals surface area contributed by atoms with Crippen molar-refractivity contribution in [2.75, 3.05) is 18.1 Å². The molecule has 1 aromatic heterocycles. The second-order valence-corrected chi connectivity index (χ2v) is 10.2. The Labute approximate surface area is 167 Å². The lowest BCUT2D eigenvalue weighted by atomic mass is 9.98. The van der Waals surface area contributed by atoms with E-state index >= 15 is 0 Å². The molecule has 2 fully saturated rings. The van der Waals surface area contributed by atoms with Crippen LogP contribution in [0.2, 0.25) is 0 Å². The molecule has 9 nitrogen and oxygen atoms in total. The van der Waals surface area contributed by atoms with Gasteiger partial charge in [0.1, 0.15) is 17.9 Å². The number of fused-ring (bicyclic) bond motifs is 1. The van der Waals surface area contributed by atoms with Crippen LogP contribution in [0.1, 0.15) is 26.0 Å². The van der Waals surface area contributed by atoms with Crippen LogP contribution >= 0.6 is 0 Å². The maximum Gasteiger partial charge on any atom is 0.325 e. The van der Waals surface area contributed by atoms with Gasteiger partial charge in [-0.25, -0.2) is 13.2 Å². The van der Waals surface area contributed by atoms with E-state index in [1.165, 1.54) is 6.92 Å². The van der Waals surface area contributed by atoms with E-state index in [2.05, 4.69) is 10.6 Å². The average molecular weight is 419 g/mol. The Morgan fingerprint density at radius 3 is 2.66 bits per heavy atom. The fourth-order valence-electron chi connectivity index (χ4n) is 3.86. The summed E-state index contributed by atoms with van der Waals surface area (Å²) in [5, 5.41) is 6.04. The molecule has 0 aliphatic carbocycles. The fraction of sp³-hybridized carbons (Fsp3) is 0.421. The minimum Gasteiger partial charge on any atom is -0.458 e. The molecular formula is C19H21N3O6S. The van der Waals surface area contributed by atoms with Crippen molar-refractivity contribution in [3.05, 3.63) is 36.1 Å². The molecule has 10 heteroatoms. The van der Waals surface area contributed by atoms with Gasteiger partial charge >= 0.3 is 6.03 Å². The summed E-state index contributed by atoms with van der Waals surface area (Å²) in [5.74, 6) is -1.10. The summed E-state index contributed by atoms with van der Waals surface area (Å²) in [6.07, 6.45) is 0.290. The first-order chi connectivity index (χ1) is 13.5. The van der Waals surface area contributed by atoms with Crippen LogP contribution in [0.4, 0.5) is 4.79 Å². The Morgan fingerprint density at radius 1 is 1.28 bits per heavy atom. The van der Waals surface area contributed by atoms with Gasteiger partial charge in [0.05, 0.1) is 17.0 Å². The molecular weight excluding hydrogens is 398 g/mol. The monoisotopic (exact) mass is 419 g/mol. The first kappa shape index (κ1) is 19.4. The molecule has 2 N–H and O–H groups in total. The van der Waals surface area contributed by atoms with Gasteiger partial charge in [-0.2, -0.15) is 0 Å². The predicted octanol–water partition coefficient (Wildman–Crippen LogP) is 0.893. The second-order valence-electron chi connectivity index (χ2n) is 8.05. The van der Waals surface area contributed by atoms with E-state index in [9.17, 15) is 22.8 Å². The maximum atomic E-state index is 13.0. The van der Waals surface area contributed by atoms with Crippen molar-refractivity contribution in [1.82, 2.24) is 15.5 Å². The molecule has 0 saturated carbocycles. The highest BCUT2D eigenvalue weighted by atomic mass is 32.2. The summed E-state index contributed by atoms with van der Waals surface area (Å²) < 4.78 is 29.1. The summed E-state index contributed by atoms with van der Waals surface area (Å²) in [6.45, 7) is 2.66. The Kier molecular flexibility index (Phi) is 4.23. The van der Waals surface area contributed by atoms with Gasteiger partial charge in [-0.15, -0.1) is 0 Å². The number of benzene rings is 1. The minimum atomic E-state index is -3.20. The molecule has 2 atom stereocenters. The van der Waals surface area contributed by atoms with E-state index in [0.29, 0.717) is 5.58 Å². The number of hydrogen-bond donors (Lipinski definition) is 2. The van der Waals surface area contributed by atoms with Crippen LogP contribution in [0, 0.1) is 0 Å². The second kappa shape index (κ2) is 6.31. The molecule has 0 spiro atoms. The Morgan fingerprint density at radius 2 is 2.00 bits per heavy atom. The van der Waals surface area contributed by atoms with Crippen LogP contribution < -0.4 is 10.6 Å². The number of nitrogens with one attached hydrogen (secondary N) is 2. The van der Waals surface area contributed by atoms with Crippen molar-refractivity contribution in [1.29, 1.82) is 0 Å². The van der Waals surface area contributed by atoms with Crippen LogP contribution in [0.3, 0.4) is 0 Å². The van der Waals surface area contributed by atoms with Gasteiger partial charge in [-0.05, 0) is 32.4 Å². The van der Waals surface area contributed by atoms with Crippen molar-refractivity contribution in [2.24, 2.45) is 0 Å². The van der Waals surface area contributed by atoms with E-state index < -0.39 is 45.3 Å². The summed E-state index contributed by atoms with van der Waals surface area (Å²) in [5.41, 5.74) is -1.76. The van der Waals surface area contributed by atoms with Crippen LogP contribution in [0.15, 0.2) is 34.7 Å². The van der Waals surface area contributed by atoms with Crippen molar-refractivity contribution < 1.29 is 27.2 Å². The molecule has 154 valence electrons. The van der Waals surface area contributed by atoms with E-state index in [4.69, 9.17) is 4.42 Å². The standard InChI is InChI=1S/C19H21N3O6S/c1-18(7-8-29(26,27)11-18)20-15(23)10-22-16(24)19(2,21-17(22)25)14-9-12-5-3-4-6-13(12)28-14/h3-6,9H,7-8,10-11H2,1-2H3,(H,20,23)(H,21,25)/t18-,19-/m1/s1. The number of nitrogens with zero attached hydrogens (tertiary/aromatic N) is 1. The first-order valence-electron chi connectivity index (χ1n) is 9.16. The SMILES string of the molecule is C[C@@]1(NC(=O)CN2C(=O)N[C@](C)(c3cc4ccccc4o3)C2=O)CCS(=O)(=O)C1.